The molecule has 1 aromatic heterocycles. The van der Waals surface area contributed by atoms with Crippen LogP contribution in [0.3, 0.4) is 0 Å². The van der Waals surface area contributed by atoms with E-state index in [4.69, 9.17) is 5.73 Å². The topological polar surface area (TPSA) is 34.2 Å². The van der Waals surface area contributed by atoms with Crippen molar-refractivity contribution in [3.05, 3.63) is 126 Å². The van der Waals surface area contributed by atoms with Gasteiger partial charge in [-0.25, -0.2) is 0 Å². The molecule has 35 heavy (non-hydrogen) atoms. The monoisotopic (exact) mass is 453 g/mol. The van der Waals surface area contributed by atoms with Gasteiger partial charge in [-0.15, -0.1) is 0 Å². The van der Waals surface area contributed by atoms with Crippen LogP contribution in [0.15, 0.2) is 115 Å². The third-order valence-electron chi connectivity index (χ3n) is 7.50. The predicted molar refractivity (Wildman–Crippen MR) is 147 cm³/mol. The first-order chi connectivity index (χ1) is 17.3. The van der Waals surface area contributed by atoms with Crippen molar-refractivity contribution < 1.29 is 0 Å². The lowest BCUT2D eigenvalue weighted by molar-refractivity contribution is 0.661. The predicted octanol–water partition coefficient (Wildman–Crippen LogP) is 7.21. The van der Waals surface area contributed by atoms with Crippen LogP contribution < -0.4 is 10.6 Å². The van der Waals surface area contributed by atoms with Crippen molar-refractivity contribution in [3.8, 4) is 0 Å². The van der Waals surface area contributed by atoms with Crippen molar-refractivity contribution in [2.24, 2.45) is 5.73 Å². The summed E-state index contributed by atoms with van der Waals surface area (Å²) in [5.41, 5.74) is 15.1. The van der Waals surface area contributed by atoms with E-state index in [1.807, 2.05) is 0 Å². The number of nitrogens with two attached hydrogens (primary N) is 1. The number of benzene rings is 4. The number of para-hydroxylation sites is 3. The van der Waals surface area contributed by atoms with Gasteiger partial charge in [-0.05, 0) is 47.9 Å². The molecule has 1 aliphatic heterocycles. The minimum Gasteiger partial charge on any atom is -0.339 e. The molecule has 170 valence electrons. The van der Waals surface area contributed by atoms with Crippen molar-refractivity contribution >= 4 is 38.8 Å². The lowest BCUT2D eigenvalue weighted by atomic mass is 9.94. The number of hydrogen-bond donors (Lipinski definition) is 1. The average Bonchev–Trinajstić information content (AvgIpc) is 3.45. The van der Waals surface area contributed by atoms with E-state index >= 15 is 0 Å². The highest BCUT2D eigenvalue weighted by atomic mass is 15.2. The SMILES string of the molecule is NC1C=CC(c2cccc3c2c2ccccc2n3C2CN(c3ccccc3)c3ccccc32)=CC1. The summed E-state index contributed by atoms with van der Waals surface area (Å²) in [6.45, 7) is 0.902. The summed E-state index contributed by atoms with van der Waals surface area (Å²) in [6, 6.07) is 35.5. The fourth-order valence-corrected chi connectivity index (χ4v) is 5.92. The lowest BCUT2D eigenvalue weighted by Gasteiger charge is -2.21. The zero-order chi connectivity index (χ0) is 23.4. The molecule has 3 nitrogen and oxygen atoms in total. The minimum atomic E-state index is 0.109. The molecule has 1 aliphatic carbocycles. The summed E-state index contributed by atoms with van der Waals surface area (Å²) < 4.78 is 2.56. The molecule has 5 aromatic rings. The second-order valence-electron chi connectivity index (χ2n) is 9.53. The fraction of sp³-hybridized carbons (Fsp3) is 0.125. The number of allylic oxidation sites excluding steroid dienone is 2. The Morgan fingerprint density at radius 1 is 0.743 bits per heavy atom. The summed E-state index contributed by atoms with van der Waals surface area (Å²) in [5.74, 6) is 0. The standard InChI is InChI=1S/C32H27N3/c33-23-19-17-22(18-20-23)25-13-8-16-30-32(25)27-12-5-7-15-29(27)35(30)31-21-34(24-9-2-1-3-10-24)28-14-6-4-11-26(28)31/h1-19,23,31H,20-21,33H2. The molecular weight excluding hydrogens is 426 g/mol. The molecule has 0 fully saturated rings. The van der Waals surface area contributed by atoms with Gasteiger partial charge in [0, 0.05) is 45.8 Å². The van der Waals surface area contributed by atoms with Crippen LogP contribution in [0.5, 0.6) is 0 Å². The van der Waals surface area contributed by atoms with Crippen LogP contribution in [0.1, 0.15) is 23.6 Å². The van der Waals surface area contributed by atoms with Crippen molar-refractivity contribution in [1.82, 2.24) is 4.57 Å². The van der Waals surface area contributed by atoms with Gasteiger partial charge in [0.05, 0.1) is 11.6 Å². The first-order valence-corrected chi connectivity index (χ1v) is 12.4. The molecule has 0 bridgehead atoms. The summed E-state index contributed by atoms with van der Waals surface area (Å²) in [7, 11) is 0. The van der Waals surface area contributed by atoms with E-state index in [2.05, 4.69) is 125 Å². The van der Waals surface area contributed by atoms with E-state index in [-0.39, 0.29) is 12.1 Å². The van der Waals surface area contributed by atoms with Crippen LogP contribution in [0.2, 0.25) is 0 Å². The fourth-order valence-electron chi connectivity index (χ4n) is 5.92. The largest absolute Gasteiger partial charge is 0.339 e. The zero-order valence-corrected chi connectivity index (χ0v) is 19.5. The maximum absolute atomic E-state index is 6.13. The van der Waals surface area contributed by atoms with Gasteiger partial charge in [-0.3, -0.25) is 0 Å². The molecule has 3 heteroatoms. The zero-order valence-electron chi connectivity index (χ0n) is 19.5. The number of fused-ring (bicyclic) bond motifs is 4. The molecule has 0 spiro atoms. The summed E-state index contributed by atoms with van der Waals surface area (Å²) in [6.07, 6.45) is 7.48. The second-order valence-corrected chi connectivity index (χ2v) is 9.53. The van der Waals surface area contributed by atoms with E-state index in [0.29, 0.717) is 0 Å². The molecule has 2 N–H and O–H groups in total. The van der Waals surface area contributed by atoms with Crippen molar-refractivity contribution in [3.63, 3.8) is 0 Å². The maximum atomic E-state index is 6.13. The highest BCUT2D eigenvalue weighted by Gasteiger charge is 2.32. The maximum Gasteiger partial charge on any atom is 0.0791 e. The number of hydrogen-bond acceptors (Lipinski definition) is 2. The normalized spacial score (nSPS) is 19.3. The molecule has 2 heterocycles. The smallest absolute Gasteiger partial charge is 0.0791 e. The van der Waals surface area contributed by atoms with Crippen LogP contribution in [-0.2, 0) is 0 Å². The van der Waals surface area contributed by atoms with E-state index in [9.17, 15) is 0 Å². The number of rotatable bonds is 3. The Labute approximate surface area is 205 Å². The molecule has 0 saturated heterocycles. The Balaban J connectivity index is 1.47. The molecule has 0 saturated carbocycles. The second kappa shape index (κ2) is 8.00. The van der Waals surface area contributed by atoms with Gasteiger partial charge in [-0.1, -0.05) is 85.0 Å². The Morgan fingerprint density at radius 3 is 2.37 bits per heavy atom. The summed E-state index contributed by atoms with van der Waals surface area (Å²) in [4.78, 5) is 2.46. The van der Waals surface area contributed by atoms with Crippen LogP contribution in [0.4, 0.5) is 11.4 Å². The van der Waals surface area contributed by atoms with Crippen LogP contribution in [0, 0.1) is 0 Å². The van der Waals surface area contributed by atoms with Gasteiger partial charge in [-0.2, -0.15) is 0 Å². The Kier molecular flexibility index (Phi) is 4.64. The highest BCUT2D eigenvalue weighted by Crippen LogP contribution is 2.45. The van der Waals surface area contributed by atoms with Gasteiger partial charge >= 0.3 is 0 Å². The van der Waals surface area contributed by atoms with Crippen LogP contribution in [-0.4, -0.2) is 17.2 Å². The van der Waals surface area contributed by atoms with Crippen LogP contribution in [0.25, 0.3) is 27.4 Å². The van der Waals surface area contributed by atoms with Crippen LogP contribution >= 0.6 is 0 Å². The van der Waals surface area contributed by atoms with E-state index in [1.165, 1.54) is 49.9 Å². The average molecular weight is 454 g/mol. The van der Waals surface area contributed by atoms with E-state index in [1.54, 1.807) is 0 Å². The molecular formula is C32H27N3. The van der Waals surface area contributed by atoms with E-state index in [0.717, 1.165) is 13.0 Å². The molecule has 0 radical (unpaired) electrons. The van der Waals surface area contributed by atoms with Crippen molar-refractivity contribution in [1.29, 1.82) is 0 Å². The number of anilines is 2. The van der Waals surface area contributed by atoms with Crippen molar-refractivity contribution in [2.75, 3.05) is 11.4 Å². The molecule has 2 aliphatic rings. The molecule has 4 aromatic carbocycles. The van der Waals surface area contributed by atoms with E-state index < -0.39 is 0 Å². The lowest BCUT2D eigenvalue weighted by Crippen LogP contribution is -2.19. The summed E-state index contributed by atoms with van der Waals surface area (Å²) in [5, 5.41) is 2.63. The van der Waals surface area contributed by atoms with Gasteiger partial charge < -0.3 is 15.2 Å². The molecule has 7 rings (SSSR count). The molecule has 0 amide bonds. The molecule has 2 unspecified atom stereocenters. The number of nitrogens with zero attached hydrogens (tertiary/aromatic N) is 2. The van der Waals surface area contributed by atoms with Gasteiger partial charge in [0.1, 0.15) is 0 Å². The quantitative estimate of drug-likeness (QED) is 0.313. The Hall–Kier alpha value is -4.08. The number of aromatic nitrogens is 1. The van der Waals surface area contributed by atoms with Gasteiger partial charge in [0.2, 0.25) is 0 Å². The first-order valence-electron chi connectivity index (χ1n) is 12.4. The third-order valence-corrected chi connectivity index (χ3v) is 7.50. The highest BCUT2D eigenvalue weighted by molar-refractivity contribution is 6.13. The van der Waals surface area contributed by atoms with Crippen molar-refractivity contribution in [2.45, 2.75) is 18.5 Å². The summed E-state index contributed by atoms with van der Waals surface area (Å²) >= 11 is 0. The molecule has 2 atom stereocenters. The first kappa shape index (κ1) is 20.3. The van der Waals surface area contributed by atoms with Gasteiger partial charge in [0.25, 0.3) is 0 Å². The minimum absolute atomic E-state index is 0.109. The Morgan fingerprint density at radius 2 is 1.51 bits per heavy atom. The third kappa shape index (κ3) is 3.16. The van der Waals surface area contributed by atoms with Gasteiger partial charge in [0.15, 0.2) is 0 Å². The Bertz CT molecular complexity index is 1620.